The monoisotopic (exact) mass is 258 g/mol. The van der Waals surface area contributed by atoms with E-state index in [1.807, 2.05) is 0 Å². The average molecular weight is 258 g/mol. The van der Waals surface area contributed by atoms with Gasteiger partial charge < -0.3 is 15.5 Å². The van der Waals surface area contributed by atoms with Crippen LogP contribution in [0.3, 0.4) is 0 Å². The molecule has 0 bridgehead atoms. The highest BCUT2D eigenvalue weighted by atomic mass is 16.1. The molecule has 1 aromatic rings. The molecule has 1 aliphatic heterocycles. The lowest BCUT2D eigenvalue weighted by Gasteiger charge is -2.26. The minimum absolute atomic E-state index is 0.0169. The molecule has 2 rings (SSSR count). The van der Waals surface area contributed by atoms with Crippen LogP contribution >= 0.6 is 0 Å². The molecule has 1 aromatic carbocycles. The third kappa shape index (κ3) is 4.36. The van der Waals surface area contributed by atoms with Crippen LogP contribution in [-0.2, 0) is 4.79 Å². The molecule has 100 valence electrons. The lowest BCUT2D eigenvalue weighted by Crippen LogP contribution is -2.44. The standard InChI is InChI=1S/C14H18N4O/c15-11-12-1-3-13(4-2-12)17-14(19)5-8-18-9-6-16-7-10-18/h1-4,16H,5-10H2,(H,17,19). The molecule has 0 radical (unpaired) electrons. The summed E-state index contributed by atoms with van der Waals surface area (Å²) in [6.07, 6.45) is 0.500. The molecule has 1 heterocycles. The van der Waals surface area contributed by atoms with E-state index < -0.39 is 0 Å². The molecule has 5 heteroatoms. The Morgan fingerprint density at radius 3 is 2.63 bits per heavy atom. The summed E-state index contributed by atoms with van der Waals surface area (Å²) in [6.45, 7) is 4.80. The van der Waals surface area contributed by atoms with Gasteiger partial charge in [-0.2, -0.15) is 5.26 Å². The fraction of sp³-hybridized carbons (Fsp3) is 0.429. The number of hydrogen-bond acceptors (Lipinski definition) is 4. The molecule has 1 fully saturated rings. The molecule has 0 saturated carbocycles. The van der Waals surface area contributed by atoms with Gasteiger partial charge in [0.25, 0.3) is 0 Å². The molecule has 1 saturated heterocycles. The van der Waals surface area contributed by atoms with Crippen LogP contribution in [0.25, 0.3) is 0 Å². The topological polar surface area (TPSA) is 68.2 Å². The Morgan fingerprint density at radius 1 is 1.32 bits per heavy atom. The van der Waals surface area contributed by atoms with E-state index in [2.05, 4.69) is 21.6 Å². The summed E-state index contributed by atoms with van der Waals surface area (Å²) < 4.78 is 0. The summed E-state index contributed by atoms with van der Waals surface area (Å²) in [5.74, 6) is 0.0169. The van der Waals surface area contributed by atoms with Gasteiger partial charge in [-0.15, -0.1) is 0 Å². The summed E-state index contributed by atoms with van der Waals surface area (Å²) >= 11 is 0. The number of nitrogens with one attached hydrogen (secondary N) is 2. The van der Waals surface area contributed by atoms with Crippen LogP contribution in [0.2, 0.25) is 0 Å². The SMILES string of the molecule is N#Cc1ccc(NC(=O)CCN2CCNCC2)cc1. The zero-order chi connectivity index (χ0) is 13.5. The van der Waals surface area contributed by atoms with Crippen LogP contribution in [-0.4, -0.2) is 43.5 Å². The fourth-order valence-corrected chi connectivity index (χ4v) is 2.05. The smallest absolute Gasteiger partial charge is 0.225 e. The molecule has 0 spiro atoms. The highest BCUT2D eigenvalue weighted by molar-refractivity contribution is 5.90. The Hall–Kier alpha value is -1.90. The van der Waals surface area contributed by atoms with Crippen molar-refractivity contribution in [3.05, 3.63) is 29.8 Å². The number of anilines is 1. The van der Waals surface area contributed by atoms with Gasteiger partial charge in [0.2, 0.25) is 5.91 Å². The van der Waals surface area contributed by atoms with Crippen molar-refractivity contribution in [2.24, 2.45) is 0 Å². The van der Waals surface area contributed by atoms with Gasteiger partial charge in [-0.25, -0.2) is 0 Å². The van der Waals surface area contributed by atoms with E-state index in [0.717, 1.165) is 38.4 Å². The van der Waals surface area contributed by atoms with E-state index >= 15 is 0 Å². The van der Waals surface area contributed by atoms with E-state index in [1.165, 1.54) is 0 Å². The second-order valence-corrected chi connectivity index (χ2v) is 4.58. The Kier molecular flexibility index (Phi) is 4.90. The highest BCUT2D eigenvalue weighted by Crippen LogP contribution is 2.09. The Labute approximate surface area is 113 Å². The van der Waals surface area contributed by atoms with Crippen molar-refractivity contribution in [1.82, 2.24) is 10.2 Å². The van der Waals surface area contributed by atoms with Crippen LogP contribution in [0.5, 0.6) is 0 Å². The number of hydrogen-bond donors (Lipinski definition) is 2. The van der Waals surface area contributed by atoms with Gasteiger partial charge in [0.1, 0.15) is 0 Å². The zero-order valence-electron chi connectivity index (χ0n) is 10.9. The van der Waals surface area contributed by atoms with Crippen LogP contribution in [0.4, 0.5) is 5.69 Å². The molecule has 2 N–H and O–H groups in total. The zero-order valence-corrected chi connectivity index (χ0v) is 10.9. The van der Waals surface area contributed by atoms with Gasteiger partial charge in [0.15, 0.2) is 0 Å². The molecule has 5 nitrogen and oxygen atoms in total. The van der Waals surface area contributed by atoms with Gasteiger partial charge in [0.05, 0.1) is 11.6 Å². The van der Waals surface area contributed by atoms with Crippen molar-refractivity contribution < 1.29 is 4.79 Å². The number of carbonyl (C=O) groups excluding carboxylic acids is 1. The number of nitrogens with zero attached hydrogens (tertiary/aromatic N) is 2. The molecular formula is C14H18N4O. The first kappa shape index (κ1) is 13.5. The molecular weight excluding hydrogens is 240 g/mol. The quantitative estimate of drug-likeness (QED) is 0.838. The number of benzene rings is 1. The van der Waals surface area contributed by atoms with Crippen molar-refractivity contribution in [3.63, 3.8) is 0 Å². The van der Waals surface area contributed by atoms with Crippen molar-refractivity contribution >= 4 is 11.6 Å². The molecule has 1 aliphatic rings. The van der Waals surface area contributed by atoms with Gasteiger partial charge in [-0.05, 0) is 24.3 Å². The van der Waals surface area contributed by atoms with E-state index in [0.29, 0.717) is 12.0 Å². The Bertz CT molecular complexity index is 457. The summed E-state index contributed by atoms with van der Waals surface area (Å²) in [5.41, 5.74) is 1.34. The van der Waals surface area contributed by atoms with Crippen LogP contribution in [0.15, 0.2) is 24.3 Å². The van der Waals surface area contributed by atoms with E-state index in [-0.39, 0.29) is 5.91 Å². The van der Waals surface area contributed by atoms with Crippen molar-refractivity contribution in [2.45, 2.75) is 6.42 Å². The highest BCUT2D eigenvalue weighted by Gasteiger charge is 2.11. The normalized spacial score (nSPS) is 15.7. The summed E-state index contributed by atoms with van der Waals surface area (Å²) in [4.78, 5) is 14.1. The number of carbonyl (C=O) groups is 1. The molecule has 1 amide bonds. The minimum Gasteiger partial charge on any atom is -0.326 e. The van der Waals surface area contributed by atoms with E-state index in [4.69, 9.17) is 5.26 Å². The first-order chi connectivity index (χ1) is 9.28. The maximum atomic E-state index is 11.8. The second kappa shape index (κ2) is 6.88. The second-order valence-electron chi connectivity index (χ2n) is 4.58. The number of nitriles is 1. The predicted molar refractivity (Wildman–Crippen MR) is 73.7 cm³/mol. The van der Waals surface area contributed by atoms with E-state index in [1.54, 1.807) is 24.3 Å². The van der Waals surface area contributed by atoms with Crippen LogP contribution < -0.4 is 10.6 Å². The number of amides is 1. The first-order valence-electron chi connectivity index (χ1n) is 6.51. The molecule has 0 aromatic heterocycles. The molecule has 19 heavy (non-hydrogen) atoms. The molecule has 0 atom stereocenters. The van der Waals surface area contributed by atoms with Gasteiger partial charge in [-0.1, -0.05) is 0 Å². The number of piperazine rings is 1. The van der Waals surface area contributed by atoms with E-state index in [9.17, 15) is 4.79 Å². The predicted octanol–water partition coefficient (Wildman–Crippen LogP) is 0.792. The lowest BCUT2D eigenvalue weighted by molar-refractivity contribution is -0.116. The van der Waals surface area contributed by atoms with Crippen LogP contribution in [0.1, 0.15) is 12.0 Å². The Balaban J connectivity index is 1.75. The van der Waals surface area contributed by atoms with Gasteiger partial charge >= 0.3 is 0 Å². The van der Waals surface area contributed by atoms with Crippen molar-refractivity contribution in [1.29, 1.82) is 5.26 Å². The van der Waals surface area contributed by atoms with Crippen molar-refractivity contribution in [3.8, 4) is 6.07 Å². The maximum absolute atomic E-state index is 11.8. The summed E-state index contributed by atoms with van der Waals surface area (Å²) in [7, 11) is 0. The summed E-state index contributed by atoms with van der Waals surface area (Å²) in [6, 6.07) is 8.95. The Morgan fingerprint density at radius 2 is 2.00 bits per heavy atom. The average Bonchev–Trinajstić information content (AvgIpc) is 2.47. The van der Waals surface area contributed by atoms with Gasteiger partial charge in [-0.3, -0.25) is 4.79 Å². The number of rotatable bonds is 4. The fourth-order valence-electron chi connectivity index (χ4n) is 2.05. The molecule has 0 unspecified atom stereocenters. The largest absolute Gasteiger partial charge is 0.326 e. The maximum Gasteiger partial charge on any atom is 0.225 e. The molecule has 0 aliphatic carbocycles. The lowest BCUT2D eigenvalue weighted by atomic mass is 10.2. The third-order valence-corrected chi connectivity index (χ3v) is 3.16. The van der Waals surface area contributed by atoms with Crippen molar-refractivity contribution in [2.75, 3.05) is 38.0 Å². The van der Waals surface area contributed by atoms with Crippen LogP contribution in [0, 0.1) is 11.3 Å². The third-order valence-electron chi connectivity index (χ3n) is 3.16. The first-order valence-corrected chi connectivity index (χ1v) is 6.51. The van der Waals surface area contributed by atoms with Gasteiger partial charge in [0, 0.05) is 44.8 Å². The summed E-state index contributed by atoms with van der Waals surface area (Å²) in [5, 5.41) is 14.8. The minimum atomic E-state index is 0.0169.